The highest BCUT2D eigenvalue weighted by atomic mass is 19.1. The van der Waals surface area contributed by atoms with Gasteiger partial charge in [0.15, 0.2) is 0 Å². The van der Waals surface area contributed by atoms with Gasteiger partial charge in [-0.3, -0.25) is 0 Å². The summed E-state index contributed by atoms with van der Waals surface area (Å²) in [5.41, 5.74) is 6.76. The quantitative estimate of drug-likeness (QED) is 0.832. The molecule has 0 radical (unpaired) electrons. The summed E-state index contributed by atoms with van der Waals surface area (Å²) in [6.07, 6.45) is 7.71. The van der Waals surface area contributed by atoms with Crippen LogP contribution in [0, 0.1) is 23.6 Å². The molecule has 0 heterocycles. The Labute approximate surface area is 125 Å². The Morgan fingerprint density at radius 3 is 2.24 bits per heavy atom. The van der Waals surface area contributed by atoms with Crippen LogP contribution in [-0.2, 0) is 0 Å². The van der Waals surface area contributed by atoms with Crippen LogP contribution in [0.5, 0.6) is 5.75 Å². The summed E-state index contributed by atoms with van der Waals surface area (Å²) in [5.74, 6) is 2.78. The van der Waals surface area contributed by atoms with Gasteiger partial charge in [-0.05, 0) is 56.3 Å². The first kappa shape index (κ1) is 13.2. The molecule has 5 rings (SSSR count). The summed E-state index contributed by atoms with van der Waals surface area (Å²) in [6.45, 7) is 0. The average molecular weight is 290 g/mol. The predicted octanol–water partition coefficient (Wildman–Crippen LogP) is 3.80. The smallest absolute Gasteiger partial charge is 0.148 e. The van der Waals surface area contributed by atoms with Gasteiger partial charge in [-0.1, -0.05) is 0 Å². The fraction of sp³-hybridized carbons (Fsp3) is 0.647. The average Bonchev–Trinajstić information content (AvgIpc) is 2.40. The van der Waals surface area contributed by atoms with Gasteiger partial charge in [0.2, 0.25) is 0 Å². The van der Waals surface area contributed by atoms with E-state index in [4.69, 9.17) is 10.5 Å². The third kappa shape index (κ3) is 2.16. The summed E-state index contributed by atoms with van der Waals surface area (Å²) < 4.78 is 19.5. The van der Waals surface area contributed by atoms with Crippen LogP contribution < -0.4 is 15.8 Å². The Hall–Kier alpha value is -1.45. The van der Waals surface area contributed by atoms with Crippen LogP contribution in [0.1, 0.15) is 38.5 Å². The predicted molar refractivity (Wildman–Crippen MR) is 81.9 cm³/mol. The normalized spacial score (nSPS) is 36.8. The van der Waals surface area contributed by atoms with Crippen LogP contribution in [0.15, 0.2) is 12.1 Å². The number of nitrogens with one attached hydrogen (secondary N) is 1. The van der Waals surface area contributed by atoms with E-state index >= 15 is 0 Å². The summed E-state index contributed by atoms with van der Waals surface area (Å²) in [4.78, 5) is 0. The molecule has 0 aromatic heterocycles. The Kier molecular flexibility index (Phi) is 2.85. The number of anilines is 2. The number of nitrogen functional groups attached to an aromatic ring is 1. The molecular weight excluding hydrogens is 267 g/mol. The number of hydrogen-bond acceptors (Lipinski definition) is 3. The van der Waals surface area contributed by atoms with Crippen molar-refractivity contribution < 1.29 is 9.13 Å². The SMILES string of the molecule is COc1cc(NC23CC4CC(CC(C4)C2)C3)c(F)cc1N. The maximum Gasteiger partial charge on any atom is 0.148 e. The maximum atomic E-state index is 14.3. The molecule has 4 fully saturated rings. The second-order valence-corrected chi connectivity index (χ2v) is 7.40. The molecule has 4 aliphatic carbocycles. The first-order chi connectivity index (χ1) is 10.1. The van der Waals surface area contributed by atoms with Crippen molar-refractivity contribution in [3.05, 3.63) is 17.9 Å². The van der Waals surface area contributed by atoms with E-state index in [9.17, 15) is 4.39 Å². The van der Waals surface area contributed by atoms with E-state index in [1.165, 1.54) is 44.6 Å². The first-order valence-corrected chi connectivity index (χ1v) is 7.98. The maximum absolute atomic E-state index is 14.3. The van der Waals surface area contributed by atoms with E-state index in [-0.39, 0.29) is 11.4 Å². The first-order valence-electron chi connectivity index (χ1n) is 7.98. The van der Waals surface area contributed by atoms with Crippen LogP contribution in [0.4, 0.5) is 15.8 Å². The zero-order chi connectivity index (χ0) is 14.6. The number of benzene rings is 1. The molecule has 114 valence electrons. The highest BCUT2D eigenvalue weighted by Gasteiger charge is 2.51. The molecule has 21 heavy (non-hydrogen) atoms. The molecule has 4 bridgehead atoms. The third-order valence-electron chi connectivity index (χ3n) is 5.76. The van der Waals surface area contributed by atoms with Crippen molar-refractivity contribution >= 4 is 11.4 Å². The van der Waals surface area contributed by atoms with Crippen LogP contribution in [0.25, 0.3) is 0 Å². The van der Waals surface area contributed by atoms with Crippen molar-refractivity contribution in [3.8, 4) is 5.75 Å². The van der Waals surface area contributed by atoms with Crippen LogP contribution in [0.3, 0.4) is 0 Å². The molecule has 4 saturated carbocycles. The molecule has 0 unspecified atom stereocenters. The Morgan fingerprint density at radius 2 is 1.71 bits per heavy atom. The molecule has 3 nitrogen and oxygen atoms in total. The third-order valence-corrected chi connectivity index (χ3v) is 5.76. The van der Waals surface area contributed by atoms with E-state index in [1.807, 2.05) is 0 Å². The summed E-state index contributed by atoms with van der Waals surface area (Å²) in [6, 6.07) is 3.07. The zero-order valence-corrected chi connectivity index (χ0v) is 12.5. The van der Waals surface area contributed by atoms with Crippen molar-refractivity contribution in [2.24, 2.45) is 17.8 Å². The number of rotatable bonds is 3. The molecule has 0 spiro atoms. The molecule has 1 aromatic rings. The Bertz CT molecular complexity index is 537. The van der Waals surface area contributed by atoms with Gasteiger partial charge in [0.25, 0.3) is 0 Å². The topological polar surface area (TPSA) is 47.3 Å². The van der Waals surface area contributed by atoms with Crippen molar-refractivity contribution in [1.29, 1.82) is 0 Å². The number of nitrogens with two attached hydrogens (primary N) is 1. The summed E-state index contributed by atoms with van der Waals surface area (Å²) >= 11 is 0. The van der Waals surface area contributed by atoms with Crippen molar-refractivity contribution in [1.82, 2.24) is 0 Å². The van der Waals surface area contributed by atoms with Crippen LogP contribution >= 0.6 is 0 Å². The van der Waals surface area contributed by atoms with Gasteiger partial charge in [0.05, 0.1) is 18.5 Å². The lowest BCUT2D eigenvalue weighted by Crippen LogP contribution is -2.54. The van der Waals surface area contributed by atoms with Crippen LogP contribution in [-0.4, -0.2) is 12.6 Å². The van der Waals surface area contributed by atoms with Gasteiger partial charge in [0.1, 0.15) is 11.6 Å². The number of hydrogen-bond donors (Lipinski definition) is 2. The molecule has 3 N–H and O–H groups in total. The number of methoxy groups -OCH3 is 1. The Morgan fingerprint density at radius 1 is 1.14 bits per heavy atom. The summed E-state index contributed by atoms with van der Waals surface area (Å²) in [7, 11) is 1.57. The highest BCUT2D eigenvalue weighted by Crippen LogP contribution is 2.56. The standard InChI is InChI=1S/C17H23FN2O/c1-21-16-6-15(13(18)5-14(16)19)20-17-7-10-2-11(8-17)4-12(3-10)9-17/h5-6,10-12,20H,2-4,7-9,19H2,1H3. The lowest BCUT2D eigenvalue weighted by atomic mass is 9.53. The summed E-state index contributed by atoms with van der Waals surface area (Å²) in [5, 5.41) is 3.55. The fourth-order valence-electron chi connectivity index (χ4n) is 5.39. The van der Waals surface area contributed by atoms with E-state index in [2.05, 4.69) is 5.32 Å². The molecule has 0 saturated heterocycles. The zero-order valence-electron chi connectivity index (χ0n) is 12.5. The molecule has 1 aromatic carbocycles. The minimum absolute atomic E-state index is 0.0940. The second-order valence-electron chi connectivity index (χ2n) is 7.40. The highest BCUT2D eigenvalue weighted by molar-refractivity contribution is 5.63. The lowest BCUT2D eigenvalue weighted by molar-refractivity contribution is 0.0105. The molecule has 0 amide bonds. The van der Waals surface area contributed by atoms with Gasteiger partial charge >= 0.3 is 0 Å². The number of halogens is 1. The van der Waals surface area contributed by atoms with E-state index in [0.29, 0.717) is 17.1 Å². The number of ether oxygens (including phenoxy) is 1. The largest absolute Gasteiger partial charge is 0.495 e. The minimum Gasteiger partial charge on any atom is -0.495 e. The van der Waals surface area contributed by atoms with Gasteiger partial charge in [-0.2, -0.15) is 0 Å². The van der Waals surface area contributed by atoms with Crippen molar-refractivity contribution in [3.63, 3.8) is 0 Å². The molecule has 0 atom stereocenters. The van der Waals surface area contributed by atoms with Crippen molar-refractivity contribution in [2.75, 3.05) is 18.2 Å². The van der Waals surface area contributed by atoms with E-state index < -0.39 is 0 Å². The second kappa shape index (κ2) is 4.52. The Balaban J connectivity index is 1.64. The fourth-order valence-corrected chi connectivity index (χ4v) is 5.39. The molecule has 4 aliphatic rings. The van der Waals surface area contributed by atoms with Gasteiger partial charge < -0.3 is 15.8 Å². The lowest BCUT2D eigenvalue weighted by Gasteiger charge is -2.57. The van der Waals surface area contributed by atoms with E-state index in [0.717, 1.165) is 17.8 Å². The molecular formula is C17H23FN2O. The monoisotopic (exact) mass is 290 g/mol. The molecule has 0 aliphatic heterocycles. The van der Waals surface area contributed by atoms with Crippen molar-refractivity contribution in [2.45, 2.75) is 44.1 Å². The van der Waals surface area contributed by atoms with Gasteiger partial charge in [0, 0.05) is 17.7 Å². The van der Waals surface area contributed by atoms with Gasteiger partial charge in [-0.25, -0.2) is 4.39 Å². The molecule has 4 heteroatoms. The van der Waals surface area contributed by atoms with Gasteiger partial charge in [-0.15, -0.1) is 0 Å². The minimum atomic E-state index is -0.274. The van der Waals surface area contributed by atoms with Crippen LogP contribution in [0.2, 0.25) is 0 Å². The van der Waals surface area contributed by atoms with E-state index in [1.54, 1.807) is 13.2 Å².